The molecule has 0 fully saturated rings. The third-order valence-corrected chi connectivity index (χ3v) is 3.70. The van der Waals surface area contributed by atoms with Gasteiger partial charge >= 0.3 is 0 Å². The molecule has 7 heteroatoms. The number of carbonyl (C=O) groups is 1. The number of methoxy groups -OCH3 is 3. The van der Waals surface area contributed by atoms with Gasteiger partial charge in [-0.2, -0.15) is 5.10 Å². The summed E-state index contributed by atoms with van der Waals surface area (Å²) in [5.41, 5.74) is 5.15. The van der Waals surface area contributed by atoms with Crippen molar-refractivity contribution in [3.05, 3.63) is 47.0 Å². The van der Waals surface area contributed by atoms with Gasteiger partial charge in [-0.15, -0.1) is 0 Å². The summed E-state index contributed by atoms with van der Waals surface area (Å²) in [6, 6.07) is 9.18. The molecule has 0 radical (unpaired) electrons. The first kappa shape index (κ1) is 20.1. The van der Waals surface area contributed by atoms with Crippen LogP contribution in [0, 0.1) is 13.8 Å². The van der Waals surface area contributed by atoms with E-state index in [2.05, 4.69) is 10.5 Å². The first-order valence-corrected chi connectivity index (χ1v) is 8.29. The monoisotopic (exact) mass is 372 g/mol. The van der Waals surface area contributed by atoms with Crippen molar-refractivity contribution in [2.45, 2.75) is 13.8 Å². The average Bonchev–Trinajstić information content (AvgIpc) is 2.65. The van der Waals surface area contributed by atoms with Gasteiger partial charge in [-0.25, -0.2) is 5.43 Å². The lowest BCUT2D eigenvalue weighted by Crippen LogP contribution is -2.24. The van der Waals surface area contributed by atoms with Crippen LogP contribution in [0.3, 0.4) is 0 Å². The zero-order valence-electron chi connectivity index (χ0n) is 16.2. The Labute approximate surface area is 158 Å². The summed E-state index contributed by atoms with van der Waals surface area (Å²) in [6.07, 6.45) is 1.45. The van der Waals surface area contributed by atoms with Crippen LogP contribution in [0.5, 0.6) is 23.0 Å². The van der Waals surface area contributed by atoms with Crippen molar-refractivity contribution in [2.24, 2.45) is 5.10 Å². The molecule has 0 bridgehead atoms. The summed E-state index contributed by atoms with van der Waals surface area (Å²) in [4.78, 5) is 12.0. The van der Waals surface area contributed by atoms with Crippen molar-refractivity contribution in [1.82, 2.24) is 5.43 Å². The van der Waals surface area contributed by atoms with E-state index < -0.39 is 0 Å². The molecule has 0 unspecified atom stereocenters. The minimum atomic E-state index is -0.378. The molecule has 0 atom stereocenters. The van der Waals surface area contributed by atoms with Crippen LogP contribution >= 0.6 is 0 Å². The van der Waals surface area contributed by atoms with Gasteiger partial charge in [0, 0.05) is 12.1 Å². The lowest BCUT2D eigenvalue weighted by atomic mass is 10.1. The standard InChI is InChI=1S/C20H24N2O5/c1-13-6-14(2)8-16(7-13)27-12-20(23)22-21-11-17-18(25-4)9-15(24-3)10-19(17)26-5/h6-11H,12H2,1-5H3,(H,22,23)/b21-11-. The Kier molecular flexibility index (Phi) is 7.05. The fourth-order valence-electron chi connectivity index (χ4n) is 2.53. The molecule has 1 amide bonds. The van der Waals surface area contributed by atoms with Gasteiger partial charge in [0.2, 0.25) is 0 Å². The van der Waals surface area contributed by atoms with E-state index >= 15 is 0 Å². The number of carbonyl (C=O) groups excluding carboxylic acids is 1. The Morgan fingerprint density at radius 3 is 2.04 bits per heavy atom. The lowest BCUT2D eigenvalue weighted by molar-refractivity contribution is -0.123. The van der Waals surface area contributed by atoms with Crippen LogP contribution in [0.4, 0.5) is 0 Å². The number of hydrogen-bond donors (Lipinski definition) is 1. The quantitative estimate of drug-likeness (QED) is 0.569. The van der Waals surface area contributed by atoms with Gasteiger partial charge < -0.3 is 18.9 Å². The molecule has 0 aliphatic heterocycles. The SMILES string of the molecule is COc1cc(OC)c(/C=N\NC(=O)COc2cc(C)cc(C)c2)c(OC)c1. The number of hydrogen-bond acceptors (Lipinski definition) is 6. The van der Waals surface area contributed by atoms with E-state index in [9.17, 15) is 4.79 Å². The van der Waals surface area contributed by atoms with Crippen molar-refractivity contribution < 1.29 is 23.7 Å². The number of ether oxygens (including phenoxy) is 4. The molecule has 0 saturated carbocycles. The molecule has 1 N–H and O–H groups in total. The lowest BCUT2D eigenvalue weighted by Gasteiger charge is -2.12. The third-order valence-electron chi connectivity index (χ3n) is 3.70. The highest BCUT2D eigenvalue weighted by atomic mass is 16.5. The summed E-state index contributed by atoms with van der Waals surface area (Å²) in [5.74, 6) is 1.88. The van der Waals surface area contributed by atoms with Crippen molar-refractivity contribution in [2.75, 3.05) is 27.9 Å². The van der Waals surface area contributed by atoms with E-state index in [0.29, 0.717) is 28.6 Å². The van der Waals surface area contributed by atoms with E-state index in [0.717, 1.165) is 11.1 Å². The van der Waals surface area contributed by atoms with E-state index in [1.54, 1.807) is 19.2 Å². The van der Waals surface area contributed by atoms with Crippen molar-refractivity contribution in [1.29, 1.82) is 0 Å². The molecule has 2 aromatic rings. The molecule has 2 aromatic carbocycles. The molecule has 0 heterocycles. The van der Waals surface area contributed by atoms with E-state index in [4.69, 9.17) is 18.9 Å². The molecule has 0 spiro atoms. The molecule has 0 aliphatic carbocycles. The molecule has 144 valence electrons. The summed E-state index contributed by atoms with van der Waals surface area (Å²) in [6.45, 7) is 3.80. The van der Waals surface area contributed by atoms with Gasteiger partial charge in [-0.3, -0.25) is 4.79 Å². The second-order valence-corrected chi connectivity index (χ2v) is 5.85. The van der Waals surface area contributed by atoms with Crippen LogP contribution in [-0.4, -0.2) is 40.1 Å². The summed E-state index contributed by atoms with van der Waals surface area (Å²) < 4.78 is 21.4. The second-order valence-electron chi connectivity index (χ2n) is 5.85. The third kappa shape index (κ3) is 5.64. The first-order valence-electron chi connectivity index (χ1n) is 8.29. The Morgan fingerprint density at radius 1 is 0.926 bits per heavy atom. The maximum absolute atomic E-state index is 12.0. The zero-order valence-corrected chi connectivity index (χ0v) is 16.2. The van der Waals surface area contributed by atoms with Crippen molar-refractivity contribution in [3.8, 4) is 23.0 Å². The number of nitrogens with one attached hydrogen (secondary N) is 1. The largest absolute Gasteiger partial charge is 0.496 e. The fourth-order valence-corrected chi connectivity index (χ4v) is 2.53. The van der Waals surface area contributed by atoms with Gasteiger partial charge in [0.15, 0.2) is 6.61 Å². The predicted molar refractivity (Wildman–Crippen MR) is 103 cm³/mol. The van der Waals surface area contributed by atoms with Gasteiger partial charge in [-0.05, 0) is 37.1 Å². The zero-order chi connectivity index (χ0) is 19.8. The summed E-state index contributed by atoms with van der Waals surface area (Å²) in [7, 11) is 4.61. The highest BCUT2D eigenvalue weighted by molar-refractivity contribution is 5.89. The van der Waals surface area contributed by atoms with Crippen LogP contribution in [0.25, 0.3) is 0 Å². The normalized spacial score (nSPS) is 10.6. The number of aryl methyl sites for hydroxylation is 2. The molecule has 0 aromatic heterocycles. The van der Waals surface area contributed by atoms with Crippen LogP contribution in [0.15, 0.2) is 35.4 Å². The molecule has 2 rings (SSSR count). The van der Waals surface area contributed by atoms with Crippen molar-refractivity contribution in [3.63, 3.8) is 0 Å². The van der Waals surface area contributed by atoms with Crippen LogP contribution in [0.2, 0.25) is 0 Å². The van der Waals surface area contributed by atoms with E-state index in [-0.39, 0.29) is 12.5 Å². The Hall–Kier alpha value is -3.22. The van der Waals surface area contributed by atoms with Crippen molar-refractivity contribution >= 4 is 12.1 Å². The van der Waals surface area contributed by atoms with Gasteiger partial charge in [-0.1, -0.05) is 6.07 Å². The minimum Gasteiger partial charge on any atom is -0.496 e. The highest BCUT2D eigenvalue weighted by Gasteiger charge is 2.11. The number of hydrazone groups is 1. The van der Waals surface area contributed by atoms with Gasteiger partial charge in [0.05, 0.1) is 33.1 Å². The predicted octanol–water partition coefficient (Wildman–Crippen LogP) is 2.86. The maximum atomic E-state index is 12.0. The molecule has 0 saturated heterocycles. The van der Waals surface area contributed by atoms with Crippen LogP contribution in [-0.2, 0) is 4.79 Å². The molecule has 7 nitrogen and oxygen atoms in total. The fraction of sp³-hybridized carbons (Fsp3) is 0.300. The Balaban J connectivity index is 2.01. The van der Waals surface area contributed by atoms with Crippen LogP contribution in [0.1, 0.15) is 16.7 Å². The first-order chi connectivity index (χ1) is 13.0. The topological polar surface area (TPSA) is 78.4 Å². The van der Waals surface area contributed by atoms with Gasteiger partial charge in [0.1, 0.15) is 23.0 Å². The molecular formula is C20H24N2O5. The molecule has 0 aliphatic rings. The highest BCUT2D eigenvalue weighted by Crippen LogP contribution is 2.32. The minimum absolute atomic E-state index is 0.142. The molecular weight excluding hydrogens is 348 g/mol. The number of rotatable bonds is 8. The Morgan fingerprint density at radius 2 is 1.52 bits per heavy atom. The van der Waals surface area contributed by atoms with Gasteiger partial charge in [0.25, 0.3) is 5.91 Å². The smallest absolute Gasteiger partial charge is 0.277 e. The number of benzene rings is 2. The van der Waals surface area contributed by atoms with E-state index in [1.165, 1.54) is 20.4 Å². The Bertz CT molecular complexity index is 788. The second kappa shape index (κ2) is 9.47. The summed E-state index contributed by atoms with van der Waals surface area (Å²) >= 11 is 0. The number of nitrogens with zero attached hydrogens (tertiary/aromatic N) is 1. The van der Waals surface area contributed by atoms with Crippen LogP contribution < -0.4 is 24.4 Å². The molecule has 27 heavy (non-hydrogen) atoms. The average molecular weight is 372 g/mol. The summed E-state index contributed by atoms with van der Waals surface area (Å²) in [5, 5.41) is 3.96. The number of amides is 1. The maximum Gasteiger partial charge on any atom is 0.277 e. The van der Waals surface area contributed by atoms with E-state index in [1.807, 2.05) is 32.0 Å².